The van der Waals surface area contributed by atoms with Gasteiger partial charge in [0.05, 0.1) is 11.1 Å². The monoisotopic (exact) mass is 591 g/mol. The zero-order valence-electron chi connectivity index (χ0n) is 27.0. The first-order chi connectivity index (χ1) is 21.4. The molecule has 0 radical (unpaired) electrons. The Morgan fingerprint density at radius 2 is 1.59 bits per heavy atom. The molecule has 232 valence electrons. The fourth-order valence-electron chi connectivity index (χ4n) is 7.01. The fourth-order valence-corrected chi connectivity index (χ4v) is 7.01. The third-order valence-corrected chi connectivity index (χ3v) is 9.65. The van der Waals surface area contributed by atoms with Crippen molar-refractivity contribution in [2.45, 2.75) is 116 Å². The van der Waals surface area contributed by atoms with E-state index < -0.39 is 0 Å². The van der Waals surface area contributed by atoms with E-state index in [9.17, 15) is 9.59 Å². The van der Waals surface area contributed by atoms with Gasteiger partial charge in [-0.25, -0.2) is 0 Å². The standard InChI is InChI=1S/C40H49NO3/c1-5-7-8-16-26-40(3,4)31-23-25-33(35(27-31)44-28-29-18-12-11-13-19-29)36-30(17-6-2)22-24-34-37(36)39(43)41(38(34)42)32-20-14-9-10-15-21-32/h6,11-13,18-19,22-25,27,32H,2,5,7-10,14-17,20-21,26,28H2,1,3-4H3. The summed E-state index contributed by atoms with van der Waals surface area (Å²) in [5, 5.41) is 0. The Balaban J connectivity index is 1.60. The highest BCUT2D eigenvalue weighted by atomic mass is 16.5. The summed E-state index contributed by atoms with van der Waals surface area (Å²) < 4.78 is 6.64. The third-order valence-electron chi connectivity index (χ3n) is 9.65. The highest BCUT2D eigenvalue weighted by Gasteiger charge is 2.42. The van der Waals surface area contributed by atoms with Crippen LogP contribution in [0.5, 0.6) is 5.75 Å². The summed E-state index contributed by atoms with van der Waals surface area (Å²) in [6.45, 7) is 11.3. The Labute approximate surface area is 264 Å². The summed E-state index contributed by atoms with van der Waals surface area (Å²) in [5.41, 5.74) is 5.97. The maximum Gasteiger partial charge on any atom is 0.262 e. The minimum Gasteiger partial charge on any atom is -0.488 e. The zero-order valence-corrected chi connectivity index (χ0v) is 27.0. The molecular formula is C40H49NO3. The quantitative estimate of drug-likeness (QED) is 0.0860. The number of nitrogens with zero attached hydrogens (tertiary/aromatic N) is 1. The lowest BCUT2D eigenvalue weighted by Gasteiger charge is -2.27. The molecule has 44 heavy (non-hydrogen) atoms. The molecule has 2 amide bonds. The topological polar surface area (TPSA) is 46.6 Å². The lowest BCUT2D eigenvalue weighted by Crippen LogP contribution is -2.39. The second-order valence-corrected chi connectivity index (χ2v) is 13.3. The number of benzene rings is 3. The van der Waals surface area contributed by atoms with Crippen molar-refractivity contribution in [1.82, 2.24) is 4.90 Å². The number of unbranched alkanes of at least 4 members (excludes halogenated alkanes) is 3. The van der Waals surface area contributed by atoms with Crippen LogP contribution >= 0.6 is 0 Å². The van der Waals surface area contributed by atoms with Crippen LogP contribution in [0.4, 0.5) is 0 Å². The summed E-state index contributed by atoms with van der Waals surface area (Å²) in [6, 6.07) is 20.5. The summed E-state index contributed by atoms with van der Waals surface area (Å²) >= 11 is 0. The van der Waals surface area contributed by atoms with Crippen molar-refractivity contribution in [2.24, 2.45) is 0 Å². The van der Waals surface area contributed by atoms with E-state index in [1.165, 1.54) is 31.2 Å². The molecule has 1 saturated carbocycles. The lowest BCUT2D eigenvalue weighted by molar-refractivity contribution is 0.0570. The van der Waals surface area contributed by atoms with Gasteiger partial charge in [-0.2, -0.15) is 0 Å². The second kappa shape index (κ2) is 14.4. The molecule has 0 spiro atoms. The summed E-state index contributed by atoms with van der Waals surface area (Å²) in [4.78, 5) is 29.7. The highest BCUT2D eigenvalue weighted by Crippen LogP contribution is 2.44. The molecule has 4 nitrogen and oxygen atoms in total. The zero-order chi connectivity index (χ0) is 31.1. The van der Waals surface area contributed by atoms with E-state index >= 15 is 0 Å². The van der Waals surface area contributed by atoms with Crippen LogP contribution in [-0.2, 0) is 18.4 Å². The number of allylic oxidation sites excluding steroid dienone is 1. The summed E-state index contributed by atoms with van der Waals surface area (Å²) in [7, 11) is 0. The molecule has 4 heteroatoms. The summed E-state index contributed by atoms with van der Waals surface area (Å²) in [6.07, 6.45) is 14.7. The average molecular weight is 592 g/mol. The normalized spacial score (nSPS) is 15.8. The van der Waals surface area contributed by atoms with Crippen LogP contribution in [0.1, 0.15) is 129 Å². The van der Waals surface area contributed by atoms with Crippen molar-refractivity contribution >= 4 is 11.8 Å². The molecule has 0 saturated heterocycles. The van der Waals surface area contributed by atoms with E-state index in [-0.39, 0.29) is 23.3 Å². The largest absolute Gasteiger partial charge is 0.488 e. The summed E-state index contributed by atoms with van der Waals surface area (Å²) in [5.74, 6) is 0.437. The molecule has 1 aliphatic carbocycles. The first kappa shape index (κ1) is 31.8. The van der Waals surface area contributed by atoms with Crippen molar-refractivity contribution in [3.05, 3.63) is 101 Å². The average Bonchev–Trinajstić information content (AvgIpc) is 3.17. The molecule has 1 fully saturated rings. The van der Waals surface area contributed by atoms with Gasteiger partial charge in [0, 0.05) is 17.2 Å². The van der Waals surface area contributed by atoms with Crippen molar-refractivity contribution in [2.75, 3.05) is 0 Å². The molecule has 3 aromatic rings. The van der Waals surface area contributed by atoms with Gasteiger partial charge in [-0.15, -0.1) is 6.58 Å². The first-order valence-electron chi connectivity index (χ1n) is 16.8. The third kappa shape index (κ3) is 6.85. The Hall–Kier alpha value is -3.66. The van der Waals surface area contributed by atoms with Gasteiger partial charge in [0.15, 0.2) is 0 Å². The number of carbonyl (C=O) groups is 2. The van der Waals surface area contributed by atoms with Crippen LogP contribution in [0.2, 0.25) is 0 Å². The van der Waals surface area contributed by atoms with Gasteiger partial charge < -0.3 is 4.74 Å². The molecule has 2 aliphatic rings. The van der Waals surface area contributed by atoms with Crippen molar-refractivity contribution in [3.8, 4) is 16.9 Å². The number of hydrogen-bond acceptors (Lipinski definition) is 3. The molecule has 1 aliphatic heterocycles. The van der Waals surface area contributed by atoms with E-state index in [2.05, 4.69) is 57.7 Å². The van der Waals surface area contributed by atoms with Gasteiger partial charge >= 0.3 is 0 Å². The maximum absolute atomic E-state index is 14.3. The van der Waals surface area contributed by atoms with E-state index in [0.717, 1.165) is 72.9 Å². The molecule has 0 unspecified atom stereocenters. The Morgan fingerprint density at radius 3 is 2.30 bits per heavy atom. The Morgan fingerprint density at radius 1 is 0.864 bits per heavy atom. The van der Waals surface area contributed by atoms with Gasteiger partial charge in [0.25, 0.3) is 11.8 Å². The number of imide groups is 1. The number of rotatable bonds is 13. The van der Waals surface area contributed by atoms with E-state index in [4.69, 9.17) is 4.74 Å². The second-order valence-electron chi connectivity index (χ2n) is 13.3. The number of ether oxygens (including phenoxy) is 1. The van der Waals surface area contributed by atoms with Crippen molar-refractivity contribution in [3.63, 3.8) is 0 Å². The van der Waals surface area contributed by atoms with Crippen LogP contribution in [0, 0.1) is 0 Å². The van der Waals surface area contributed by atoms with Crippen molar-refractivity contribution in [1.29, 1.82) is 0 Å². The number of hydrogen-bond donors (Lipinski definition) is 0. The van der Waals surface area contributed by atoms with Crippen LogP contribution < -0.4 is 4.74 Å². The highest BCUT2D eigenvalue weighted by molar-refractivity contribution is 6.24. The predicted molar refractivity (Wildman–Crippen MR) is 180 cm³/mol. The Bertz CT molecular complexity index is 1460. The minimum absolute atomic E-state index is 0.0260. The van der Waals surface area contributed by atoms with E-state index in [0.29, 0.717) is 24.2 Å². The number of fused-ring (bicyclic) bond motifs is 1. The fraction of sp³-hybridized carbons (Fsp3) is 0.450. The molecule has 1 heterocycles. The molecule has 0 bridgehead atoms. The predicted octanol–water partition coefficient (Wildman–Crippen LogP) is 10.2. The molecule has 5 rings (SSSR count). The van der Waals surface area contributed by atoms with Crippen LogP contribution in [0.15, 0.2) is 73.3 Å². The molecule has 0 N–H and O–H groups in total. The number of amides is 2. The first-order valence-corrected chi connectivity index (χ1v) is 16.8. The molecule has 0 atom stereocenters. The molecule has 3 aromatic carbocycles. The Kier molecular flexibility index (Phi) is 10.4. The molecular weight excluding hydrogens is 542 g/mol. The minimum atomic E-state index is -0.160. The van der Waals surface area contributed by atoms with E-state index in [1.54, 1.807) is 4.90 Å². The van der Waals surface area contributed by atoms with Gasteiger partial charge in [-0.3, -0.25) is 14.5 Å². The van der Waals surface area contributed by atoms with Crippen LogP contribution in [-0.4, -0.2) is 22.8 Å². The van der Waals surface area contributed by atoms with Crippen LogP contribution in [0.3, 0.4) is 0 Å². The van der Waals surface area contributed by atoms with Crippen molar-refractivity contribution < 1.29 is 14.3 Å². The molecule has 0 aromatic heterocycles. The van der Waals surface area contributed by atoms with Gasteiger partial charge in [0.2, 0.25) is 0 Å². The van der Waals surface area contributed by atoms with Gasteiger partial charge in [-0.05, 0) is 59.9 Å². The SMILES string of the molecule is C=CCc1ccc2c(c1-c1ccc(C(C)(C)CCCCCC)cc1OCc1ccccc1)C(=O)N(C1CCCCCC1)C2=O. The van der Waals surface area contributed by atoms with Gasteiger partial charge in [0.1, 0.15) is 12.4 Å². The van der Waals surface area contributed by atoms with Gasteiger partial charge in [-0.1, -0.05) is 127 Å². The van der Waals surface area contributed by atoms with Crippen LogP contribution in [0.25, 0.3) is 11.1 Å². The van der Waals surface area contributed by atoms with E-state index in [1.807, 2.05) is 36.4 Å². The smallest absolute Gasteiger partial charge is 0.262 e. The lowest BCUT2D eigenvalue weighted by atomic mass is 9.79. The number of carbonyl (C=O) groups excluding carboxylic acids is 2. The maximum atomic E-state index is 14.3.